The van der Waals surface area contributed by atoms with E-state index >= 15 is 0 Å². The lowest BCUT2D eigenvalue weighted by Crippen LogP contribution is -2.22. The summed E-state index contributed by atoms with van der Waals surface area (Å²) >= 11 is 0. The molecule has 0 aliphatic heterocycles. The highest BCUT2D eigenvalue weighted by molar-refractivity contribution is 5.93. The Kier molecular flexibility index (Phi) is 5.85. The Balaban J connectivity index is 2.16. The van der Waals surface area contributed by atoms with Crippen molar-refractivity contribution >= 4 is 21.8 Å². The molecular weight excluding hydrogens is 424 g/mol. The zero-order valence-corrected chi connectivity index (χ0v) is 20.2. The first-order valence-electron chi connectivity index (χ1n) is 11.1. The van der Waals surface area contributed by atoms with E-state index < -0.39 is 5.41 Å². The predicted octanol–water partition coefficient (Wildman–Crippen LogP) is 5.99. The molecule has 0 amide bonds. The number of pyridine rings is 2. The van der Waals surface area contributed by atoms with E-state index in [1.54, 1.807) is 26.6 Å². The molecule has 0 atom stereocenters. The first-order valence-corrected chi connectivity index (χ1v) is 11.1. The summed E-state index contributed by atoms with van der Waals surface area (Å²) in [7, 11) is 3.24. The summed E-state index contributed by atoms with van der Waals surface area (Å²) in [5.74, 6) is 1.43. The lowest BCUT2D eigenvalue weighted by atomic mass is 9.73. The van der Waals surface area contributed by atoms with Gasteiger partial charge in [-0.25, -0.2) is 0 Å². The molecule has 34 heavy (non-hydrogen) atoms. The fraction of sp³-hybridized carbons (Fsp3) is 0.286. The molecule has 4 rings (SSSR count). The van der Waals surface area contributed by atoms with Crippen LogP contribution in [0.4, 0.5) is 0 Å². The third-order valence-electron chi connectivity index (χ3n) is 6.42. The largest absolute Gasteiger partial charge is 0.497 e. The molecule has 6 nitrogen and oxygen atoms in total. The summed E-state index contributed by atoms with van der Waals surface area (Å²) in [6, 6.07) is 14.3. The first-order chi connectivity index (χ1) is 16.3. The van der Waals surface area contributed by atoms with Crippen molar-refractivity contribution in [2.45, 2.75) is 39.0 Å². The number of aromatic nitrogens is 2. The van der Waals surface area contributed by atoms with Gasteiger partial charge in [-0.2, -0.15) is 10.5 Å². The average Bonchev–Trinajstić information content (AvgIpc) is 2.85. The van der Waals surface area contributed by atoms with Crippen LogP contribution in [-0.2, 0) is 5.41 Å². The third-order valence-corrected chi connectivity index (χ3v) is 6.42. The number of para-hydroxylation sites is 1. The summed E-state index contributed by atoms with van der Waals surface area (Å²) in [6.07, 6.45) is 3.24. The van der Waals surface area contributed by atoms with Gasteiger partial charge in [0.25, 0.3) is 0 Å². The molecule has 0 radical (unpaired) electrons. The van der Waals surface area contributed by atoms with Crippen molar-refractivity contribution in [3.63, 3.8) is 0 Å². The van der Waals surface area contributed by atoms with E-state index in [9.17, 15) is 10.5 Å². The highest BCUT2D eigenvalue weighted by atomic mass is 16.5. The maximum Gasteiger partial charge on any atom is 0.145 e. The molecule has 0 saturated carbocycles. The molecule has 0 N–H and O–H groups in total. The summed E-state index contributed by atoms with van der Waals surface area (Å²) in [5, 5.41) is 21.5. The van der Waals surface area contributed by atoms with Crippen LogP contribution < -0.4 is 9.47 Å². The molecule has 2 heterocycles. The quantitative estimate of drug-likeness (QED) is 0.371. The molecule has 0 unspecified atom stereocenters. The summed E-state index contributed by atoms with van der Waals surface area (Å²) < 4.78 is 11.2. The van der Waals surface area contributed by atoms with Gasteiger partial charge in [-0.3, -0.25) is 9.97 Å². The van der Waals surface area contributed by atoms with Crippen LogP contribution in [0.25, 0.3) is 21.8 Å². The van der Waals surface area contributed by atoms with Crippen LogP contribution in [0.1, 0.15) is 61.4 Å². The number of hydrogen-bond donors (Lipinski definition) is 0. The first kappa shape index (κ1) is 23.0. The molecule has 0 aliphatic carbocycles. The second kappa shape index (κ2) is 8.65. The normalized spacial score (nSPS) is 11.4. The van der Waals surface area contributed by atoms with Gasteiger partial charge >= 0.3 is 0 Å². The monoisotopic (exact) mass is 450 g/mol. The van der Waals surface area contributed by atoms with Gasteiger partial charge in [0.15, 0.2) is 0 Å². The number of fused-ring (bicyclic) bond motifs is 2. The summed E-state index contributed by atoms with van der Waals surface area (Å²) in [5.41, 5.74) is 4.54. The van der Waals surface area contributed by atoms with Crippen molar-refractivity contribution in [2.75, 3.05) is 14.2 Å². The van der Waals surface area contributed by atoms with E-state index in [0.29, 0.717) is 28.1 Å². The van der Waals surface area contributed by atoms with E-state index in [-0.39, 0.29) is 5.92 Å². The zero-order valence-electron chi connectivity index (χ0n) is 20.2. The Hall–Kier alpha value is -4.16. The minimum absolute atomic E-state index is 0.115. The number of benzene rings is 2. The fourth-order valence-electron chi connectivity index (χ4n) is 4.85. The second-order valence-electron chi connectivity index (χ2n) is 9.06. The van der Waals surface area contributed by atoms with Crippen LogP contribution in [0.3, 0.4) is 0 Å². The van der Waals surface area contributed by atoms with Crippen LogP contribution >= 0.6 is 0 Å². The standard InChI is InChI=1S/C28H26N4O2/c1-16(2)24-17(12-29)14-31-26-21(24)10-19(33-5)11-22(26)28(3,4)25-18(13-30)15-32-27-20(25)8-7-9-23(27)34-6/h7-11,14-16H,1-6H3. The molecule has 2 aromatic carbocycles. The minimum atomic E-state index is -0.652. The van der Waals surface area contributed by atoms with Crippen LogP contribution in [0.2, 0.25) is 0 Å². The zero-order chi connectivity index (χ0) is 24.6. The molecule has 6 heteroatoms. The number of rotatable bonds is 5. The molecule has 0 fully saturated rings. The van der Waals surface area contributed by atoms with Crippen LogP contribution in [-0.4, -0.2) is 24.2 Å². The van der Waals surface area contributed by atoms with Crippen LogP contribution in [0.15, 0.2) is 42.7 Å². The van der Waals surface area contributed by atoms with Gasteiger partial charge < -0.3 is 9.47 Å². The van der Waals surface area contributed by atoms with Crippen LogP contribution in [0, 0.1) is 22.7 Å². The molecule has 0 aliphatic rings. The SMILES string of the molecule is COc1cc(C(C)(C)c2c(C#N)cnc3c(OC)cccc23)c2ncc(C#N)c(C(C)C)c2c1. The third kappa shape index (κ3) is 3.49. The number of hydrogen-bond acceptors (Lipinski definition) is 6. The van der Waals surface area contributed by atoms with Gasteiger partial charge in [0.1, 0.15) is 29.2 Å². The lowest BCUT2D eigenvalue weighted by molar-refractivity contribution is 0.414. The average molecular weight is 451 g/mol. The number of ether oxygens (including phenoxy) is 2. The van der Waals surface area contributed by atoms with Crippen molar-refractivity contribution < 1.29 is 9.47 Å². The van der Waals surface area contributed by atoms with Gasteiger partial charge in [0, 0.05) is 28.6 Å². The Morgan fingerprint density at radius 3 is 2.18 bits per heavy atom. The molecule has 170 valence electrons. The molecule has 4 aromatic rings. The van der Waals surface area contributed by atoms with Crippen molar-refractivity contribution in [1.29, 1.82) is 10.5 Å². The summed E-state index contributed by atoms with van der Waals surface area (Å²) in [4.78, 5) is 9.25. The Bertz CT molecular complexity index is 1510. The van der Waals surface area contributed by atoms with E-state index in [4.69, 9.17) is 14.5 Å². The number of methoxy groups -OCH3 is 2. The van der Waals surface area contributed by atoms with Crippen molar-refractivity contribution in [2.24, 2.45) is 0 Å². The second-order valence-corrected chi connectivity index (χ2v) is 9.06. The highest BCUT2D eigenvalue weighted by Crippen LogP contribution is 2.44. The topological polar surface area (TPSA) is 91.8 Å². The number of nitrogens with zero attached hydrogens (tertiary/aromatic N) is 4. The van der Waals surface area contributed by atoms with Crippen molar-refractivity contribution in [3.8, 4) is 23.6 Å². The predicted molar refractivity (Wildman–Crippen MR) is 132 cm³/mol. The molecule has 2 aromatic heterocycles. The Labute approximate surface area is 199 Å². The van der Waals surface area contributed by atoms with Crippen LogP contribution in [0.5, 0.6) is 11.5 Å². The molecular formula is C28H26N4O2. The summed E-state index contributed by atoms with van der Waals surface area (Å²) in [6.45, 7) is 8.28. The van der Waals surface area contributed by atoms with Crippen molar-refractivity contribution in [3.05, 3.63) is 70.5 Å². The maximum atomic E-state index is 10.0. The number of nitriles is 2. The molecule has 0 bridgehead atoms. The maximum absolute atomic E-state index is 10.0. The van der Waals surface area contributed by atoms with Gasteiger partial charge in [-0.15, -0.1) is 0 Å². The molecule has 0 spiro atoms. The van der Waals surface area contributed by atoms with E-state index in [2.05, 4.69) is 44.8 Å². The van der Waals surface area contributed by atoms with Gasteiger partial charge in [0.05, 0.1) is 30.9 Å². The Morgan fingerprint density at radius 2 is 1.56 bits per heavy atom. The van der Waals surface area contributed by atoms with Gasteiger partial charge in [-0.1, -0.05) is 39.8 Å². The van der Waals surface area contributed by atoms with E-state index in [0.717, 1.165) is 33.0 Å². The fourth-order valence-corrected chi connectivity index (χ4v) is 4.85. The van der Waals surface area contributed by atoms with E-state index in [1.165, 1.54) is 0 Å². The van der Waals surface area contributed by atoms with Gasteiger partial charge in [0.2, 0.25) is 0 Å². The van der Waals surface area contributed by atoms with Gasteiger partial charge in [-0.05, 0) is 40.8 Å². The lowest BCUT2D eigenvalue weighted by Gasteiger charge is -2.30. The Morgan fingerprint density at radius 1 is 0.882 bits per heavy atom. The highest BCUT2D eigenvalue weighted by Gasteiger charge is 2.32. The van der Waals surface area contributed by atoms with E-state index in [1.807, 2.05) is 30.3 Å². The molecule has 0 saturated heterocycles. The minimum Gasteiger partial charge on any atom is -0.497 e. The smallest absolute Gasteiger partial charge is 0.145 e. The van der Waals surface area contributed by atoms with Crippen molar-refractivity contribution in [1.82, 2.24) is 9.97 Å².